The average molecular weight is 258 g/mol. The third kappa shape index (κ3) is 3.08. The van der Waals surface area contributed by atoms with Gasteiger partial charge < -0.3 is 10.4 Å². The van der Waals surface area contributed by atoms with Gasteiger partial charge in [-0.25, -0.2) is 0 Å². The lowest BCUT2D eigenvalue weighted by atomic mass is 10.2. The Kier molecular flexibility index (Phi) is 4.10. The molecule has 0 aliphatic rings. The van der Waals surface area contributed by atoms with Crippen LogP contribution in [0.3, 0.4) is 0 Å². The standard InChI is InChI=1S/C14H14N2O3/c17-9-8-15-14(19)11-6-7-13(18)16(10-11)12-4-2-1-3-5-12/h1-7,10,17H,8-9H2,(H,15,19). The molecule has 1 amide bonds. The molecule has 2 N–H and O–H groups in total. The van der Waals surface area contributed by atoms with Gasteiger partial charge in [-0.15, -0.1) is 0 Å². The van der Waals surface area contributed by atoms with E-state index in [4.69, 9.17) is 5.11 Å². The first-order valence-corrected chi connectivity index (χ1v) is 5.89. The van der Waals surface area contributed by atoms with Crippen LogP contribution in [-0.2, 0) is 0 Å². The summed E-state index contributed by atoms with van der Waals surface area (Å²) in [5, 5.41) is 11.2. The van der Waals surface area contributed by atoms with Gasteiger partial charge in [0.1, 0.15) is 0 Å². The molecule has 0 radical (unpaired) electrons. The third-order valence-corrected chi connectivity index (χ3v) is 2.61. The maximum absolute atomic E-state index is 11.8. The van der Waals surface area contributed by atoms with Gasteiger partial charge in [-0.3, -0.25) is 14.2 Å². The third-order valence-electron chi connectivity index (χ3n) is 2.61. The highest BCUT2D eigenvalue weighted by molar-refractivity contribution is 5.93. The number of hydrogen-bond acceptors (Lipinski definition) is 3. The second-order valence-electron chi connectivity index (χ2n) is 3.94. The van der Waals surface area contributed by atoms with E-state index in [0.29, 0.717) is 11.3 Å². The number of nitrogens with zero attached hydrogens (tertiary/aromatic N) is 1. The fourth-order valence-corrected chi connectivity index (χ4v) is 1.68. The van der Waals surface area contributed by atoms with Gasteiger partial charge in [0.15, 0.2) is 0 Å². The van der Waals surface area contributed by atoms with Crippen LogP contribution in [0.4, 0.5) is 0 Å². The first kappa shape index (κ1) is 13.0. The molecule has 1 heterocycles. The molecule has 1 aromatic heterocycles. The maximum Gasteiger partial charge on any atom is 0.255 e. The van der Waals surface area contributed by atoms with Gasteiger partial charge in [0.2, 0.25) is 0 Å². The minimum absolute atomic E-state index is 0.121. The molecule has 5 heteroatoms. The van der Waals surface area contributed by atoms with Gasteiger partial charge in [0.25, 0.3) is 11.5 Å². The van der Waals surface area contributed by atoms with E-state index in [2.05, 4.69) is 5.32 Å². The number of benzene rings is 1. The molecule has 0 saturated carbocycles. The molecule has 0 bridgehead atoms. The van der Waals surface area contributed by atoms with Gasteiger partial charge in [0, 0.05) is 24.5 Å². The Morgan fingerprint density at radius 3 is 2.58 bits per heavy atom. The van der Waals surface area contributed by atoms with Gasteiger partial charge >= 0.3 is 0 Å². The Morgan fingerprint density at radius 1 is 1.16 bits per heavy atom. The van der Waals surface area contributed by atoms with Crippen molar-refractivity contribution in [3.8, 4) is 5.69 Å². The van der Waals surface area contributed by atoms with Crippen LogP contribution in [-0.4, -0.2) is 28.7 Å². The normalized spacial score (nSPS) is 10.2. The highest BCUT2D eigenvalue weighted by Crippen LogP contribution is 2.05. The molecule has 0 aliphatic heterocycles. The van der Waals surface area contributed by atoms with Crippen molar-refractivity contribution in [2.75, 3.05) is 13.2 Å². The molecule has 2 rings (SSSR count). The minimum Gasteiger partial charge on any atom is -0.395 e. The molecule has 5 nitrogen and oxygen atoms in total. The molecule has 1 aromatic carbocycles. The Hall–Kier alpha value is -2.40. The van der Waals surface area contributed by atoms with Gasteiger partial charge in [-0.05, 0) is 18.2 Å². The maximum atomic E-state index is 11.8. The number of hydrogen-bond donors (Lipinski definition) is 2. The van der Waals surface area contributed by atoms with Crippen molar-refractivity contribution in [2.45, 2.75) is 0 Å². The van der Waals surface area contributed by atoms with E-state index in [1.165, 1.54) is 22.9 Å². The van der Waals surface area contributed by atoms with Crippen LogP contribution in [0.5, 0.6) is 0 Å². The molecule has 0 atom stereocenters. The van der Waals surface area contributed by atoms with Gasteiger partial charge in [-0.1, -0.05) is 18.2 Å². The SMILES string of the molecule is O=C(NCCO)c1ccc(=O)n(-c2ccccc2)c1. The number of amides is 1. The molecule has 0 unspecified atom stereocenters. The predicted octanol–water partition coefficient (Wildman–Crippen LogP) is 0.560. The number of carbonyl (C=O) groups excluding carboxylic acids is 1. The van der Waals surface area contributed by atoms with E-state index >= 15 is 0 Å². The molecular formula is C14H14N2O3. The summed E-state index contributed by atoms with van der Waals surface area (Å²) in [6, 6.07) is 11.9. The van der Waals surface area contributed by atoms with Crippen molar-refractivity contribution in [2.24, 2.45) is 0 Å². The summed E-state index contributed by atoms with van der Waals surface area (Å²) >= 11 is 0. The summed E-state index contributed by atoms with van der Waals surface area (Å²) in [6.07, 6.45) is 1.49. The lowest BCUT2D eigenvalue weighted by Gasteiger charge is -2.08. The number of carbonyl (C=O) groups is 1. The summed E-state index contributed by atoms with van der Waals surface area (Å²) in [5.41, 5.74) is 0.867. The fourth-order valence-electron chi connectivity index (χ4n) is 1.68. The molecule has 0 aliphatic carbocycles. The largest absolute Gasteiger partial charge is 0.395 e. The van der Waals surface area contributed by atoms with Crippen LogP contribution in [0.15, 0.2) is 53.5 Å². The zero-order valence-electron chi connectivity index (χ0n) is 10.2. The zero-order chi connectivity index (χ0) is 13.7. The molecular weight excluding hydrogens is 244 g/mol. The Morgan fingerprint density at radius 2 is 1.89 bits per heavy atom. The lowest BCUT2D eigenvalue weighted by molar-refractivity contribution is 0.0944. The number of aliphatic hydroxyl groups excluding tert-OH is 1. The van der Waals surface area contributed by atoms with Crippen molar-refractivity contribution in [3.63, 3.8) is 0 Å². The van der Waals surface area contributed by atoms with Gasteiger partial charge in [0.05, 0.1) is 12.2 Å². The first-order valence-electron chi connectivity index (χ1n) is 5.89. The minimum atomic E-state index is -0.321. The number of nitrogens with one attached hydrogen (secondary N) is 1. The van der Waals surface area contributed by atoms with Crippen molar-refractivity contribution in [1.82, 2.24) is 9.88 Å². The number of pyridine rings is 1. The Labute approximate surface area is 110 Å². The van der Waals surface area contributed by atoms with E-state index in [1.807, 2.05) is 18.2 Å². The Bertz CT molecular complexity index is 620. The summed E-state index contributed by atoms with van der Waals surface area (Å²) in [5.74, 6) is -0.321. The van der Waals surface area contributed by atoms with Crippen molar-refractivity contribution < 1.29 is 9.90 Å². The lowest BCUT2D eigenvalue weighted by Crippen LogP contribution is -2.28. The number of para-hydroxylation sites is 1. The summed E-state index contributed by atoms with van der Waals surface area (Å²) in [6.45, 7) is 0.0629. The van der Waals surface area contributed by atoms with E-state index < -0.39 is 0 Å². The summed E-state index contributed by atoms with van der Waals surface area (Å²) in [4.78, 5) is 23.6. The van der Waals surface area contributed by atoms with Crippen molar-refractivity contribution in [3.05, 3.63) is 64.6 Å². The van der Waals surface area contributed by atoms with E-state index in [1.54, 1.807) is 12.1 Å². The molecule has 0 saturated heterocycles. The summed E-state index contributed by atoms with van der Waals surface area (Å²) in [7, 11) is 0. The zero-order valence-corrected chi connectivity index (χ0v) is 10.2. The summed E-state index contributed by atoms with van der Waals surface area (Å²) < 4.78 is 1.41. The van der Waals surface area contributed by atoms with Crippen LogP contribution in [0.1, 0.15) is 10.4 Å². The molecule has 0 spiro atoms. The van der Waals surface area contributed by atoms with Crippen LogP contribution >= 0.6 is 0 Å². The molecule has 0 fully saturated rings. The van der Waals surface area contributed by atoms with E-state index in [0.717, 1.165) is 0 Å². The predicted molar refractivity (Wildman–Crippen MR) is 71.5 cm³/mol. The highest BCUT2D eigenvalue weighted by Gasteiger charge is 2.07. The van der Waals surface area contributed by atoms with Crippen LogP contribution < -0.4 is 10.9 Å². The molecule has 19 heavy (non-hydrogen) atoms. The Balaban J connectivity index is 2.35. The smallest absolute Gasteiger partial charge is 0.255 e. The molecule has 98 valence electrons. The van der Waals surface area contributed by atoms with Crippen molar-refractivity contribution >= 4 is 5.91 Å². The van der Waals surface area contributed by atoms with Crippen LogP contribution in [0.2, 0.25) is 0 Å². The molecule has 2 aromatic rings. The van der Waals surface area contributed by atoms with Crippen LogP contribution in [0, 0.1) is 0 Å². The fraction of sp³-hybridized carbons (Fsp3) is 0.143. The number of aromatic nitrogens is 1. The second-order valence-corrected chi connectivity index (χ2v) is 3.94. The number of aliphatic hydroxyl groups is 1. The quantitative estimate of drug-likeness (QED) is 0.841. The highest BCUT2D eigenvalue weighted by atomic mass is 16.3. The average Bonchev–Trinajstić information content (AvgIpc) is 2.46. The van der Waals surface area contributed by atoms with Crippen LogP contribution in [0.25, 0.3) is 5.69 Å². The van der Waals surface area contributed by atoms with E-state index in [9.17, 15) is 9.59 Å². The monoisotopic (exact) mass is 258 g/mol. The van der Waals surface area contributed by atoms with Gasteiger partial charge in [-0.2, -0.15) is 0 Å². The topological polar surface area (TPSA) is 71.3 Å². The van der Waals surface area contributed by atoms with E-state index in [-0.39, 0.29) is 24.6 Å². The van der Waals surface area contributed by atoms with Crippen molar-refractivity contribution in [1.29, 1.82) is 0 Å². The number of rotatable bonds is 4. The first-order chi connectivity index (χ1) is 9.22. The second kappa shape index (κ2) is 5.97.